The van der Waals surface area contributed by atoms with Gasteiger partial charge >= 0.3 is 0 Å². The maximum absolute atomic E-state index is 12.1. The molecule has 2 rings (SSSR count). The Morgan fingerprint density at radius 1 is 1.38 bits per heavy atom. The molecule has 112 valence electrons. The monoisotopic (exact) mass is 308 g/mol. The molecular formula is C13H16N4O3S. The molecule has 0 spiro atoms. The molecule has 2 aromatic rings. The van der Waals surface area contributed by atoms with Crippen molar-refractivity contribution in [3.05, 3.63) is 42.5 Å². The second-order valence-electron chi connectivity index (χ2n) is 4.51. The number of para-hydroxylation sites is 1. The van der Waals surface area contributed by atoms with Crippen molar-refractivity contribution in [2.75, 3.05) is 18.1 Å². The van der Waals surface area contributed by atoms with Gasteiger partial charge in [-0.25, -0.2) is 13.4 Å². The predicted octanol–water partition coefficient (Wildman–Crippen LogP) is 0.498. The van der Waals surface area contributed by atoms with Gasteiger partial charge in [0.25, 0.3) is 5.91 Å². The van der Waals surface area contributed by atoms with E-state index in [0.29, 0.717) is 13.1 Å². The van der Waals surface area contributed by atoms with E-state index in [2.05, 4.69) is 10.3 Å². The van der Waals surface area contributed by atoms with Crippen LogP contribution < -0.4 is 11.1 Å². The van der Waals surface area contributed by atoms with Crippen molar-refractivity contribution in [2.24, 2.45) is 5.73 Å². The molecular weight excluding hydrogens is 292 g/mol. The van der Waals surface area contributed by atoms with Gasteiger partial charge in [-0.2, -0.15) is 0 Å². The minimum Gasteiger partial charge on any atom is -0.335 e. The van der Waals surface area contributed by atoms with E-state index in [1.54, 1.807) is 22.9 Å². The highest BCUT2D eigenvalue weighted by atomic mass is 32.2. The second-order valence-corrected chi connectivity index (χ2v) is 6.49. The Balaban J connectivity index is 2.23. The summed E-state index contributed by atoms with van der Waals surface area (Å²) in [6.07, 6.45) is 4.16. The number of hydrogen-bond donors (Lipinski definition) is 2. The number of rotatable bonds is 5. The van der Waals surface area contributed by atoms with Gasteiger partial charge in [-0.15, -0.1) is 0 Å². The first-order valence-corrected chi connectivity index (χ1v) is 8.13. The molecule has 0 unspecified atom stereocenters. The van der Waals surface area contributed by atoms with Crippen LogP contribution in [-0.2, 0) is 16.4 Å². The molecule has 1 heterocycles. The Morgan fingerprint density at radius 3 is 2.76 bits per heavy atom. The fourth-order valence-corrected chi connectivity index (χ4v) is 2.67. The molecule has 8 heteroatoms. The van der Waals surface area contributed by atoms with Gasteiger partial charge in [-0.1, -0.05) is 12.1 Å². The first kappa shape index (κ1) is 15.2. The van der Waals surface area contributed by atoms with E-state index in [1.807, 2.05) is 0 Å². The summed E-state index contributed by atoms with van der Waals surface area (Å²) in [6.45, 7) is 0.995. The van der Waals surface area contributed by atoms with Gasteiger partial charge in [-0.3, -0.25) is 4.79 Å². The normalized spacial score (nSPS) is 11.3. The van der Waals surface area contributed by atoms with Crippen molar-refractivity contribution in [1.82, 2.24) is 9.55 Å². The molecule has 0 aliphatic rings. The number of benzene rings is 1. The summed E-state index contributed by atoms with van der Waals surface area (Å²) in [6, 6.07) is 6.22. The SMILES string of the molecule is CS(=O)(=O)c1ccccc1NC(=O)c1cn(CCN)cn1. The van der Waals surface area contributed by atoms with E-state index in [1.165, 1.54) is 18.5 Å². The van der Waals surface area contributed by atoms with E-state index in [-0.39, 0.29) is 16.3 Å². The van der Waals surface area contributed by atoms with Gasteiger partial charge in [-0.05, 0) is 12.1 Å². The lowest BCUT2D eigenvalue weighted by molar-refractivity contribution is 0.102. The number of anilines is 1. The van der Waals surface area contributed by atoms with Crippen molar-refractivity contribution in [3.63, 3.8) is 0 Å². The van der Waals surface area contributed by atoms with Crippen LogP contribution in [0.15, 0.2) is 41.7 Å². The molecule has 7 nitrogen and oxygen atoms in total. The molecule has 21 heavy (non-hydrogen) atoms. The Kier molecular flexibility index (Phi) is 4.39. The third kappa shape index (κ3) is 3.67. The summed E-state index contributed by atoms with van der Waals surface area (Å²) in [5, 5.41) is 2.56. The lowest BCUT2D eigenvalue weighted by Crippen LogP contribution is -2.15. The van der Waals surface area contributed by atoms with E-state index in [9.17, 15) is 13.2 Å². The molecule has 1 aromatic carbocycles. The van der Waals surface area contributed by atoms with E-state index in [0.717, 1.165) is 6.26 Å². The van der Waals surface area contributed by atoms with Crippen LogP contribution >= 0.6 is 0 Å². The zero-order valence-corrected chi connectivity index (χ0v) is 12.3. The van der Waals surface area contributed by atoms with Crippen LogP contribution in [0.25, 0.3) is 0 Å². The largest absolute Gasteiger partial charge is 0.335 e. The van der Waals surface area contributed by atoms with Gasteiger partial charge in [0.2, 0.25) is 0 Å². The standard InChI is InChI=1S/C13H16N4O3S/c1-21(19,20)12-5-3-2-4-10(12)16-13(18)11-8-17(7-6-14)9-15-11/h2-5,8-9H,6-7,14H2,1H3,(H,16,18). The maximum atomic E-state index is 12.1. The quantitative estimate of drug-likeness (QED) is 0.836. The highest BCUT2D eigenvalue weighted by Crippen LogP contribution is 2.21. The van der Waals surface area contributed by atoms with Crippen LogP contribution in [0.3, 0.4) is 0 Å². The summed E-state index contributed by atoms with van der Waals surface area (Å²) >= 11 is 0. The molecule has 0 fully saturated rings. The third-order valence-corrected chi connectivity index (χ3v) is 3.94. The average Bonchev–Trinajstić information content (AvgIpc) is 2.87. The molecule has 0 saturated heterocycles. The van der Waals surface area contributed by atoms with E-state index < -0.39 is 15.7 Å². The predicted molar refractivity (Wildman–Crippen MR) is 78.8 cm³/mol. The molecule has 1 amide bonds. The van der Waals surface area contributed by atoms with E-state index in [4.69, 9.17) is 5.73 Å². The number of nitrogens with zero attached hydrogens (tertiary/aromatic N) is 2. The Bertz CT molecular complexity index is 752. The van der Waals surface area contributed by atoms with Gasteiger partial charge in [0.05, 0.1) is 16.9 Å². The highest BCUT2D eigenvalue weighted by Gasteiger charge is 2.16. The first-order valence-electron chi connectivity index (χ1n) is 6.24. The molecule has 0 aliphatic carbocycles. The van der Waals surface area contributed by atoms with Gasteiger partial charge in [0.15, 0.2) is 9.84 Å². The van der Waals surface area contributed by atoms with Crippen LogP contribution in [0, 0.1) is 0 Å². The summed E-state index contributed by atoms with van der Waals surface area (Å²) < 4.78 is 25.0. The summed E-state index contributed by atoms with van der Waals surface area (Å²) in [5.74, 6) is -0.470. The number of hydrogen-bond acceptors (Lipinski definition) is 5. The minimum atomic E-state index is -3.42. The summed E-state index contributed by atoms with van der Waals surface area (Å²) in [7, 11) is -3.42. The second kappa shape index (κ2) is 6.06. The number of amides is 1. The van der Waals surface area contributed by atoms with Gasteiger partial charge in [0, 0.05) is 25.5 Å². The minimum absolute atomic E-state index is 0.0692. The Hall–Kier alpha value is -2.19. The summed E-state index contributed by atoms with van der Waals surface area (Å²) in [4.78, 5) is 16.1. The number of carbonyl (C=O) groups is 1. The van der Waals surface area contributed by atoms with Crippen LogP contribution in [0.4, 0.5) is 5.69 Å². The van der Waals surface area contributed by atoms with Crippen molar-refractivity contribution in [3.8, 4) is 0 Å². The lowest BCUT2D eigenvalue weighted by atomic mass is 10.3. The van der Waals surface area contributed by atoms with Gasteiger partial charge in [0.1, 0.15) is 5.69 Å². The molecule has 3 N–H and O–H groups in total. The molecule has 0 atom stereocenters. The molecule has 1 aromatic heterocycles. The molecule has 0 bridgehead atoms. The van der Waals surface area contributed by atoms with Gasteiger partial charge < -0.3 is 15.6 Å². The number of sulfone groups is 1. The Labute approximate surface area is 122 Å². The first-order chi connectivity index (χ1) is 9.91. The zero-order valence-electron chi connectivity index (χ0n) is 11.5. The van der Waals surface area contributed by atoms with Crippen LogP contribution in [-0.4, -0.2) is 36.7 Å². The van der Waals surface area contributed by atoms with Crippen molar-refractivity contribution in [1.29, 1.82) is 0 Å². The van der Waals surface area contributed by atoms with Crippen LogP contribution in [0.5, 0.6) is 0 Å². The fraction of sp³-hybridized carbons (Fsp3) is 0.231. The Morgan fingerprint density at radius 2 is 2.10 bits per heavy atom. The van der Waals surface area contributed by atoms with Crippen LogP contribution in [0.1, 0.15) is 10.5 Å². The topological polar surface area (TPSA) is 107 Å². The number of carbonyl (C=O) groups excluding carboxylic acids is 1. The lowest BCUT2D eigenvalue weighted by Gasteiger charge is -2.08. The summed E-state index contributed by atoms with van der Waals surface area (Å²) in [5.41, 5.74) is 5.86. The number of imidazole rings is 1. The number of nitrogens with one attached hydrogen (secondary N) is 1. The smallest absolute Gasteiger partial charge is 0.275 e. The van der Waals surface area contributed by atoms with Crippen LogP contribution in [0.2, 0.25) is 0 Å². The number of aromatic nitrogens is 2. The number of nitrogens with two attached hydrogens (primary N) is 1. The zero-order chi connectivity index (χ0) is 15.5. The van der Waals surface area contributed by atoms with Crippen molar-refractivity contribution < 1.29 is 13.2 Å². The molecule has 0 aliphatic heterocycles. The van der Waals surface area contributed by atoms with E-state index >= 15 is 0 Å². The molecule has 0 saturated carbocycles. The van der Waals surface area contributed by atoms with Crippen molar-refractivity contribution >= 4 is 21.4 Å². The average molecular weight is 308 g/mol. The molecule has 0 radical (unpaired) electrons. The maximum Gasteiger partial charge on any atom is 0.275 e. The fourth-order valence-electron chi connectivity index (χ4n) is 1.83. The highest BCUT2D eigenvalue weighted by molar-refractivity contribution is 7.90. The van der Waals surface area contributed by atoms with Crippen molar-refractivity contribution in [2.45, 2.75) is 11.4 Å². The third-order valence-electron chi connectivity index (χ3n) is 2.79.